The van der Waals surface area contributed by atoms with Crippen LogP contribution >= 0.6 is 12.4 Å². The molecule has 1 atom stereocenters. The van der Waals surface area contributed by atoms with E-state index in [-0.39, 0.29) is 24.4 Å². The lowest BCUT2D eigenvalue weighted by Crippen LogP contribution is -2.48. The lowest BCUT2D eigenvalue weighted by Gasteiger charge is -2.32. The molecule has 0 spiro atoms. The number of amides is 1. The van der Waals surface area contributed by atoms with E-state index in [4.69, 9.17) is 5.73 Å². The van der Waals surface area contributed by atoms with Gasteiger partial charge in [0, 0.05) is 12.6 Å². The number of carbonyl (C=O) groups excluding carboxylic acids is 1. The van der Waals surface area contributed by atoms with E-state index in [1.165, 1.54) is 12.8 Å². The topological polar surface area (TPSA) is 46.3 Å². The smallest absolute Gasteiger partial charge is 0.239 e. The van der Waals surface area contributed by atoms with Crippen molar-refractivity contribution in [2.45, 2.75) is 58.5 Å². The zero-order valence-electron chi connectivity index (χ0n) is 10.6. The molecule has 1 saturated carbocycles. The summed E-state index contributed by atoms with van der Waals surface area (Å²) in [5, 5.41) is 0. The quantitative estimate of drug-likeness (QED) is 0.829. The first-order valence-corrected chi connectivity index (χ1v) is 6.08. The molecule has 1 aliphatic rings. The summed E-state index contributed by atoms with van der Waals surface area (Å²) in [5.74, 6) is 0.643. The van der Waals surface area contributed by atoms with Crippen LogP contribution in [0.4, 0.5) is 0 Å². The van der Waals surface area contributed by atoms with Gasteiger partial charge in [-0.25, -0.2) is 0 Å². The molecule has 1 amide bonds. The van der Waals surface area contributed by atoms with Gasteiger partial charge in [-0.1, -0.05) is 26.7 Å². The predicted octanol–water partition coefficient (Wildman–Crippen LogP) is 2.18. The van der Waals surface area contributed by atoms with Crippen molar-refractivity contribution in [1.82, 2.24) is 4.90 Å². The summed E-state index contributed by atoms with van der Waals surface area (Å²) in [6.07, 6.45) is 4.83. The van der Waals surface area contributed by atoms with E-state index in [1.807, 2.05) is 4.90 Å². The Bertz CT molecular complexity index is 213. The van der Waals surface area contributed by atoms with Gasteiger partial charge in [0.1, 0.15) is 0 Å². The molecule has 0 unspecified atom stereocenters. The molecule has 0 aliphatic heterocycles. The van der Waals surface area contributed by atoms with Crippen molar-refractivity contribution in [3.8, 4) is 0 Å². The lowest BCUT2D eigenvalue weighted by atomic mass is 10.1. The first-order chi connectivity index (χ1) is 7.02. The van der Waals surface area contributed by atoms with Gasteiger partial charge in [-0.15, -0.1) is 12.4 Å². The highest BCUT2D eigenvalue weighted by molar-refractivity contribution is 5.85. The van der Waals surface area contributed by atoms with E-state index in [9.17, 15) is 4.79 Å². The minimum absolute atomic E-state index is 0. The van der Waals surface area contributed by atoms with Crippen molar-refractivity contribution in [2.75, 3.05) is 6.54 Å². The fourth-order valence-electron chi connectivity index (χ4n) is 2.29. The molecule has 0 saturated heterocycles. The van der Waals surface area contributed by atoms with Gasteiger partial charge in [0.15, 0.2) is 0 Å². The van der Waals surface area contributed by atoms with Crippen LogP contribution in [-0.2, 0) is 4.79 Å². The molecule has 0 heterocycles. The highest BCUT2D eigenvalue weighted by Gasteiger charge is 2.28. The third-order valence-corrected chi connectivity index (χ3v) is 3.00. The number of hydrogen-bond donors (Lipinski definition) is 1. The molecule has 0 aromatic rings. The highest BCUT2D eigenvalue weighted by Crippen LogP contribution is 2.24. The molecule has 96 valence electrons. The molecule has 0 aromatic heterocycles. The largest absolute Gasteiger partial charge is 0.338 e. The number of rotatable bonds is 4. The summed E-state index contributed by atoms with van der Waals surface area (Å²) in [6, 6.07) is 0.0928. The number of halogens is 1. The van der Waals surface area contributed by atoms with Crippen molar-refractivity contribution < 1.29 is 4.79 Å². The van der Waals surface area contributed by atoms with Crippen LogP contribution in [0.2, 0.25) is 0 Å². The zero-order chi connectivity index (χ0) is 11.4. The van der Waals surface area contributed by atoms with Crippen LogP contribution in [0.3, 0.4) is 0 Å². The molecule has 4 heteroatoms. The maximum atomic E-state index is 12.0. The second kappa shape index (κ2) is 7.13. The highest BCUT2D eigenvalue weighted by atomic mass is 35.5. The number of hydrogen-bond acceptors (Lipinski definition) is 2. The standard InChI is InChI=1S/C12H24N2O.ClH/c1-9(2)8-14(12(15)10(3)13)11-6-4-5-7-11;/h9-11H,4-8,13H2,1-3H3;1H/t10-;/m0./s1. The average molecular weight is 249 g/mol. The van der Waals surface area contributed by atoms with Crippen molar-refractivity contribution in [2.24, 2.45) is 11.7 Å². The monoisotopic (exact) mass is 248 g/mol. The maximum Gasteiger partial charge on any atom is 0.239 e. The van der Waals surface area contributed by atoms with Crippen molar-refractivity contribution >= 4 is 18.3 Å². The van der Waals surface area contributed by atoms with Gasteiger partial charge in [0.2, 0.25) is 5.91 Å². The van der Waals surface area contributed by atoms with Crippen LogP contribution in [0.1, 0.15) is 46.5 Å². The van der Waals surface area contributed by atoms with Crippen molar-refractivity contribution in [3.63, 3.8) is 0 Å². The number of carbonyl (C=O) groups is 1. The van der Waals surface area contributed by atoms with Crippen LogP contribution in [0.5, 0.6) is 0 Å². The Morgan fingerprint density at radius 3 is 2.19 bits per heavy atom. The molecular formula is C12H25ClN2O. The Balaban J connectivity index is 0.00000225. The molecule has 0 bridgehead atoms. The summed E-state index contributed by atoms with van der Waals surface area (Å²) < 4.78 is 0. The number of nitrogens with zero attached hydrogens (tertiary/aromatic N) is 1. The van der Waals surface area contributed by atoms with E-state index < -0.39 is 0 Å². The van der Waals surface area contributed by atoms with E-state index in [0.29, 0.717) is 12.0 Å². The van der Waals surface area contributed by atoms with Crippen molar-refractivity contribution in [1.29, 1.82) is 0 Å². The Kier molecular flexibility index (Phi) is 7.00. The summed E-state index contributed by atoms with van der Waals surface area (Å²) in [7, 11) is 0. The summed E-state index contributed by atoms with van der Waals surface area (Å²) in [4.78, 5) is 14.0. The van der Waals surface area contributed by atoms with Gasteiger partial charge < -0.3 is 10.6 Å². The number of nitrogens with two attached hydrogens (primary N) is 1. The second-order valence-electron chi connectivity index (χ2n) is 5.11. The van der Waals surface area contributed by atoms with E-state index in [1.54, 1.807) is 6.92 Å². The molecule has 0 aromatic carbocycles. The van der Waals surface area contributed by atoms with Crippen LogP contribution in [-0.4, -0.2) is 29.4 Å². The van der Waals surface area contributed by atoms with Gasteiger partial charge in [-0.05, 0) is 25.7 Å². The molecular weight excluding hydrogens is 224 g/mol. The molecule has 1 fully saturated rings. The van der Waals surface area contributed by atoms with Gasteiger partial charge in [-0.2, -0.15) is 0 Å². The normalized spacial score (nSPS) is 18.3. The van der Waals surface area contributed by atoms with Crippen LogP contribution < -0.4 is 5.73 Å². The summed E-state index contributed by atoms with van der Waals surface area (Å²) in [5.41, 5.74) is 5.69. The van der Waals surface area contributed by atoms with E-state index in [0.717, 1.165) is 19.4 Å². The van der Waals surface area contributed by atoms with Gasteiger partial charge in [-0.3, -0.25) is 4.79 Å². The Labute approximate surface area is 105 Å². The summed E-state index contributed by atoms with van der Waals surface area (Å²) in [6.45, 7) is 6.93. The van der Waals surface area contributed by atoms with Gasteiger partial charge >= 0.3 is 0 Å². The molecule has 1 aliphatic carbocycles. The third-order valence-electron chi connectivity index (χ3n) is 3.00. The second-order valence-corrected chi connectivity index (χ2v) is 5.11. The molecule has 0 radical (unpaired) electrons. The first-order valence-electron chi connectivity index (χ1n) is 6.08. The minimum atomic E-state index is -0.357. The predicted molar refractivity (Wildman–Crippen MR) is 69.7 cm³/mol. The fourth-order valence-corrected chi connectivity index (χ4v) is 2.29. The van der Waals surface area contributed by atoms with E-state index in [2.05, 4.69) is 13.8 Å². The zero-order valence-corrected chi connectivity index (χ0v) is 11.4. The van der Waals surface area contributed by atoms with E-state index >= 15 is 0 Å². The summed E-state index contributed by atoms with van der Waals surface area (Å²) >= 11 is 0. The molecule has 3 nitrogen and oxygen atoms in total. The molecule has 2 N–H and O–H groups in total. The minimum Gasteiger partial charge on any atom is -0.338 e. The van der Waals surface area contributed by atoms with Crippen molar-refractivity contribution in [3.05, 3.63) is 0 Å². The maximum absolute atomic E-state index is 12.0. The average Bonchev–Trinajstić information content (AvgIpc) is 2.65. The molecule has 1 rings (SSSR count). The van der Waals surface area contributed by atoms with Crippen LogP contribution in [0.25, 0.3) is 0 Å². The Morgan fingerprint density at radius 1 is 1.31 bits per heavy atom. The SMILES string of the molecule is CC(C)CN(C(=O)[C@H](C)N)C1CCCC1.Cl. The van der Waals surface area contributed by atoms with Gasteiger partial charge in [0.05, 0.1) is 6.04 Å². The first kappa shape index (κ1) is 15.7. The Hall–Kier alpha value is -0.280. The lowest BCUT2D eigenvalue weighted by molar-refractivity contribution is -0.135. The van der Waals surface area contributed by atoms with Crippen LogP contribution in [0, 0.1) is 5.92 Å². The third kappa shape index (κ3) is 4.30. The van der Waals surface area contributed by atoms with Crippen LogP contribution in [0.15, 0.2) is 0 Å². The molecule has 16 heavy (non-hydrogen) atoms. The fraction of sp³-hybridized carbons (Fsp3) is 0.917. The van der Waals surface area contributed by atoms with Gasteiger partial charge in [0.25, 0.3) is 0 Å². The Morgan fingerprint density at radius 2 is 1.81 bits per heavy atom.